The smallest absolute Gasteiger partial charge is 0.279 e. The number of nitrogens with zero attached hydrogens (tertiary/aromatic N) is 1. The van der Waals surface area contributed by atoms with Crippen molar-refractivity contribution < 1.29 is 19.2 Å². The average Bonchev–Trinajstić information content (AvgIpc) is 2.68. The molecule has 27 heavy (non-hydrogen) atoms. The van der Waals surface area contributed by atoms with Gasteiger partial charge in [0.15, 0.2) is 6.54 Å². The molecule has 0 saturated carbocycles. The van der Waals surface area contributed by atoms with Gasteiger partial charge in [-0.25, -0.2) is 0 Å². The fraction of sp³-hybridized carbons (Fsp3) is 0.381. The summed E-state index contributed by atoms with van der Waals surface area (Å²) in [5, 5.41) is 2.99. The Morgan fingerprint density at radius 1 is 1.07 bits per heavy atom. The Hall–Kier alpha value is -2.73. The molecule has 0 bridgehead atoms. The van der Waals surface area contributed by atoms with Crippen LogP contribution in [-0.4, -0.2) is 52.9 Å². The summed E-state index contributed by atoms with van der Waals surface area (Å²) >= 11 is 0. The van der Waals surface area contributed by atoms with Gasteiger partial charge in [-0.1, -0.05) is 18.2 Å². The van der Waals surface area contributed by atoms with Crippen molar-refractivity contribution in [1.29, 1.82) is 0 Å². The van der Waals surface area contributed by atoms with Crippen LogP contribution in [0.3, 0.4) is 0 Å². The lowest BCUT2D eigenvalue weighted by atomic mass is 10.2. The summed E-state index contributed by atoms with van der Waals surface area (Å²) in [6, 6.07) is 13.9. The third-order valence-corrected chi connectivity index (χ3v) is 4.94. The number of piperazine rings is 1. The third kappa shape index (κ3) is 4.71. The summed E-state index contributed by atoms with van der Waals surface area (Å²) in [5.74, 6) is 1.59. The van der Waals surface area contributed by atoms with E-state index in [2.05, 4.69) is 16.3 Å². The molecule has 0 unspecified atom stereocenters. The number of nitrogens with one attached hydrogen (secondary N) is 2. The Morgan fingerprint density at radius 2 is 1.78 bits per heavy atom. The Kier molecular flexibility index (Phi) is 6.19. The van der Waals surface area contributed by atoms with Gasteiger partial charge in [0.1, 0.15) is 11.5 Å². The number of hydrogen-bond donors (Lipinski definition) is 2. The molecule has 1 fully saturated rings. The number of quaternary nitrogens is 1. The van der Waals surface area contributed by atoms with Crippen LogP contribution in [0.2, 0.25) is 0 Å². The van der Waals surface area contributed by atoms with Gasteiger partial charge in [0, 0.05) is 0 Å². The van der Waals surface area contributed by atoms with E-state index in [0.29, 0.717) is 12.3 Å². The second-order valence-corrected chi connectivity index (χ2v) is 6.84. The maximum Gasteiger partial charge on any atom is 0.279 e. The van der Waals surface area contributed by atoms with E-state index in [1.165, 1.54) is 4.90 Å². The molecular weight excluding hydrogens is 342 g/mol. The van der Waals surface area contributed by atoms with E-state index in [9.17, 15) is 4.79 Å². The van der Waals surface area contributed by atoms with Crippen molar-refractivity contribution >= 4 is 17.3 Å². The van der Waals surface area contributed by atoms with Crippen LogP contribution in [0, 0.1) is 6.92 Å². The van der Waals surface area contributed by atoms with Crippen LogP contribution in [0.5, 0.6) is 11.5 Å². The zero-order chi connectivity index (χ0) is 19.2. The molecule has 2 aromatic carbocycles. The van der Waals surface area contributed by atoms with Gasteiger partial charge in [-0.15, -0.1) is 0 Å². The van der Waals surface area contributed by atoms with E-state index in [1.54, 1.807) is 14.2 Å². The Morgan fingerprint density at radius 3 is 2.48 bits per heavy atom. The molecule has 1 saturated heterocycles. The molecule has 0 spiro atoms. The molecule has 6 heteroatoms. The van der Waals surface area contributed by atoms with E-state index in [-0.39, 0.29) is 5.91 Å². The number of methoxy groups -OCH3 is 2. The summed E-state index contributed by atoms with van der Waals surface area (Å²) in [6.45, 7) is 6.08. The summed E-state index contributed by atoms with van der Waals surface area (Å²) in [7, 11) is 3.31. The lowest BCUT2D eigenvalue weighted by molar-refractivity contribution is -0.892. The number of para-hydroxylation sites is 2. The van der Waals surface area contributed by atoms with E-state index in [4.69, 9.17) is 9.47 Å². The highest BCUT2D eigenvalue weighted by Gasteiger charge is 2.24. The first-order valence-electron chi connectivity index (χ1n) is 9.26. The molecule has 144 valence electrons. The normalized spacial score (nSPS) is 14.7. The molecule has 0 aromatic heterocycles. The number of ether oxygens (including phenoxy) is 2. The minimum atomic E-state index is 0.0136. The molecule has 0 radical (unpaired) electrons. The number of carbonyl (C=O) groups excluding carboxylic acids is 1. The monoisotopic (exact) mass is 370 g/mol. The zero-order valence-corrected chi connectivity index (χ0v) is 16.2. The maximum atomic E-state index is 12.5. The number of anilines is 2. The highest BCUT2D eigenvalue weighted by molar-refractivity contribution is 5.93. The molecule has 2 aromatic rings. The van der Waals surface area contributed by atoms with Gasteiger partial charge in [-0.3, -0.25) is 4.79 Å². The van der Waals surface area contributed by atoms with Crippen LogP contribution in [0.15, 0.2) is 42.5 Å². The van der Waals surface area contributed by atoms with Crippen molar-refractivity contribution in [3.63, 3.8) is 0 Å². The van der Waals surface area contributed by atoms with Crippen molar-refractivity contribution in [1.82, 2.24) is 0 Å². The largest absolute Gasteiger partial charge is 0.495 e. The first-order chi connectivity index (χ1) is 13.1. The number of benzene rings is 2. The molecule has 1 amide bonds. The number of carbonyl (C=O) groups is 1. The lowest BCUT2D eigenvalue weighted by Gasteiger charge is -2.34. The molecule has 1 aliphatic rings. The fourth-order valence-corrected chi connectivity index (χ4v) is 3.47. The van der Waals surface area contributed by atoms with Crippen LogP contribution in [0.4, 0.5) is 11.4 Å². The summed E-state index contributed by atoms with van der Waals surface area (Å²) in [6.07, 6.45) is 0. The third-order valence-electron chi connectivity index (χ3n) is 4.94. The van der Waals surface area contributed by atoms with E-state index in [0.717, 1.165) is 48.9 Å². The minimum absolute atomic E-state index is 0.0136. The van der Waals surface area contributed by atoms with E-state index < -0.39 is 0 Å². The van der Waals surface area contributed by atoms with Crippen molar-refractivity contribution in [2.45, 2.75) is 6.92 Å². The summed E-state index contributed by atoms with van der Waals surface area (Å²) in [5.41, 5.74) is 2.94. The van der Waals surface area contributed by atoms with Crippen LogP contribution >= 0.6 is 0 Å². The van der Waals surface area contributed by atoms with Crippen LogP contribution < -0.4 is 24.6 Å². The van der Waals surface area contributed by atoms with Gasteiger partial charge in [-0.2, -0.15) is 0 Å². The highest BCUT2D eigenvalue weighted by Crippen LogP contribution is 2.27. The summed E-state index contributed by atoms with van der Waals surface area (Å²) in [4.78, 5) is 16.1. The zero-order valence-electron chi connectivity index (χ0n) is 16.2. The van der Waals surface area contributed by atoms with Crippen LogP contribution in [-0.2, 0) is 4.79 Å². The predicted molar refractivity (Wildman–Crippen MR) is 107 cm³/mol. The van der Waals surface area contributed by atoms with Gasteiger partial charge >= 0.3 is 0 Å². The quantitative estimate of drug-likeness (QED) is 0.806. The van der Waals surface area contributed by atoms with Gasteiger partial charge in [0.05, 0.1) is 51.8 Å². The lowest BCUT2D eigenvalue weighted by Crippen LogP contribution is -3.15. The molecule has 1 heterocycles. The second kappa shape index (κ2) is 8.77. The number of amides is 1. The fourth-order valence-electron chi connectivity index (χ4n) is 3.47. The topological polar surface area (TPSA) is 55.2 Å². The van der Waals surface area contributed by atoms with Gasteiger partial charge in [-0.05, 0) is 36.8 Å². The van der Waals surface area contributed by atoms with E-state index in [1.807, 2.05) is 43.3 Å². The molecule has 2 N–H and O–H groups in total. The van der Waals surface area contributed by atoms with Gasteiger partial charge in [0.25, 0.3) is 5.91 Å². The number of hydrogen-bond acceptors (Lipinski definition) is 4. The Labute approximate surface area is 160 Å². The predicted octanol–water partition coefficient (Wildman–Crippen LogP) is 1.36. The van der Waals surface area contributed by atoms with Crippen molar-refractivity contribution in [3.05, 3.63) is 48.0 Å². The molecular formula is C21H28N3O3+. The number of rotatable bonds is 6. The van der Waals surface area contributed by atoms with Crippen LogP contribution in [0.1, 0.15) is 5.56 Å². The molecule has 0 aliphatic carbocycles. The Balaban J connectivity index is 1.55. The Bertz CT molecular complexity index is 786. The van der Waals surface area contributed by atoms with Crippen molar-refractivity contribution in [3.8, 4) is 11.5 Å². The standard InChI is InChI=1S/C21H27N3O3/c1-16-8-9-19(26-2)17(14-16)22-21(25)15-23-10-12-24(13-11-23)18-6-4-5-7-20(18)27-3/h4-9,14H,10-13,15H2,1-3H3,(H,22,25)/p+1. The van der Waals surface area contributed by atoms with Crippen LogP contribution in [0.25, 0.3) is 0 Å². The maximum absolute atomic E-state index is 12.5. The van der Waals surface area contributed by atoms with Gasteiger partial charge < -0.3 is 24.6 Å². The molecule has 6 nitrogen and oxygen atoms in total. The summed E-state index contributed by atoms with van der Waals surface area (Å²) < 4.78 is 10.8. The highest BCUT2D eigenvalue weighted by atomic mass is 16.5. The van der Waals surface area contributed by atoms with Crippen molar-refractivity contribution in [2.24, 2.45) is 0 Å². The first-order valence-corrected chi connectivity index (χ1v) is 9.26. The second-order valence-electron chi connectivity index (χ2n) is 6.84. The molecule has 3 rings (SSSR count). The average molecular weight is 370 g/mol. The van der Waals surface area contributed by atoms with Crippen molar-refractivity contribution in [2.75, 3.05) is 57.2 Å². The minimum Gasteiger partial charge on any atom is -0.495 e. The SMILES string of the molecule is COc1ccc(C)cc1NC(=O)C[NH+]1CCN(c2ccccc2OC)CC1. The number of aryl methyl sites for hydroxylation is 1. The molecule has 1 aliphatic heterocycles. The first kappa shape index (κ1) is 19.0. The van der Waals surface area contributed by atoms with E-state index >= 15 is 0 Å². The van der Waals surface area contributed by atoms with Gasteiger partial charge in [0.2, 0.25) is 0 Å². The molecule has 0 atom stereocenters.